The molecule has 0 radical (unpaired) electrons. The highest BCUT2D eigenvalue weighted by Gasteiger charge is 2.35. The molecule has 6 aromatic carbocycles. The van der Waals surface area contributed by atoms with Crippen LogP contribution >= 0.6 is 0 Å². The Kier molecular flexibility index (Phi) is 7.79. The maximum Gasteiger partial charge on any atom is 0.633 e. The number of carbonyl (C=O) groups is 1. The van der Waals surface area contributed by atoms with Crippen LogP contribution in [-0.2, 0) is 9.53 Å². The van der Waals surface area contributed by atoms with Crippen molar-refractivity contribution in [1.29, 1.82) is 0 Å². The van der Waals surface area contributed by atoms with Gasteiger partial charge in [0.2, 0.25) is 0 Å². The minimum absolute atomic E-state index is 0.122. The van der Waals surface area contributed by atoms with Gasteiger partial charge in [0.1, 0.15) is 17.1 Å². The van der Waals surface area contributed by atoms with Crippen molar-refractivity contribution in [3.05, 3.63) is 139 Å². The molecule has 0 saturated heterocycles. The van der Waals surface area contributed by atoms with E-state index in [2.05, 4.69) is 60.7 Å². The lowest BCUT2D eigenvalue weighted by molar-refractivity contribution is -0.155. The Bertz CT molecular complexity index is 2000. The smallest absolute Gasteiger partial charge is 0.521 e. The van der Waals surface area contributed by atoms with Gasteiger partial charge in [-0.2, -0.15) is 0 Å². The number of fused-ring (bicyclic) bond motifs is 7. The number of benzene rings is 6. The first-order chi connectivity index (χ1) is 22.3. The molecule has 0 aromatic heterocycles. The zero-order chi connectivity index (χ0) is 31.7. The molecule has 0 amide bonds. The Balaban J connectivity index is 1.31. The number of ether oxygens (including phenoxy) is 1. The normalized spacial score (nSPS) is 13.4. The van der Waals surface area contributed by atoms with E-state index in [0.717, 1.165) is 60.8 Å². The highest BCUT2D eigenvalue weighted by molar-refractivity contribution is 6.64. The van der Waals surface area contributed by atoms with Crippen molar-refractivity contribution in [2.45, 2.75) is 38.8 Å². The predicted octanol–water partition coefficient (Wildman–Crippen LogP) is 8.72. The molecule has 7 rings (SSSR count). The molecule has 226 valence electrons. The monoisotopic (exact) mass is 603 g/mol. The maximum atomic E-state index is 12.9. The van der Waals surface area contributed by atoms with Crippen LogP contribution in [0.3, 0.4) is 0 Å². The van der Waals surface area contributed by atoms with Gasteiger partial charge in [-0.3, -0.25) is 9.79 Å². The Morgan fingerprint density at radius 2 is 1.26 bits per heavy atom. The van der Waals surface area contributed by atoms with Crippen LogP contribution in [-0.4, -0.2) is 24.9 Å². The van der Waals surface area contributed by atoms with Crippen LogP contribution in [0.2, 0.25) is 0 Å². The standard InChI is InChI=1S/C40H34BNO4/c1-40(2,3)44-37(43)25-34(29-15-5-4-6-16-29)42-26-30-17-9-12-20-33(30)41-45-35-23-21-27-13-7-10-18-31(27)38(35)39-32-19-11-8-14-28(32)22-24-36(39)46-41/h4-24,26,34H,25H2,1-3H3/t34-/m0/s1. The van der Waals surface area contributed by atoms with Gasteiger partial charge in [-0.1, -0.05) is 115 Å². The number of rotatable bonds is 6. The third-order valence-corrected chi connectivity index (χ3v) is 8.11. The molecule has 1 atom stereocenters. The second-order valence-electron chi connectivity index (χ2n) is 12.5. The van der Waals surface area contributed by atoms with E-state index in [0.29, 0.717) is 0 Å². The largest absolute Gasteiger partial charge is 0.633 e. The number of carbonyl (C=O) groups excluding carboxylic acids is 1. The molecule has 0 spiro atoms. The minimum atomic E-state index is -0.744. The van der Waals surface area contributed by atoms with Crippen LogP contribution in [0.4, 0.5) is 0 Å². The molecule has 1 aliphatic heterocycles. The zero-order valence-corrected chi connectivity index (χ0v) is 26.1. The Morgan fingerprint density at radius 3 is 1.87 bits per heavy atom. The molecule has 0 bridgehead atoms. The molecule has 0 aliphatic carbocycles. The van der Waals surface area contributed by atoms with Crippen LogP contribution in [0.25, 0.3) is 32.7 Å². The van der Waals surface area contributed by atoms with E-state index in [-0.39, 0.29) is 12.4 Å². The number of aliphatic imine (C=N–C) groups is 1. The van der Waals surface area contributed by atoms with E-state index >= 15 is 0 Å². The zero-order valence-electron chi connectivity index (χ0n) is 26.1. The average molecular weight is 604 g/mol. The van der Waals surface area contributed by atoms with Gasteiger partial charge in [0, 0.05) is 22.8 Å². The summed E-state index contributed by atoms with van der Waals surface area (Å²) in [6, 6.07) is 42.4. The Hall–Kier alpha value is -5.36. The third kappa shape index (κ3) is 5.99. The summed E-state index contributed by atoms with van der Waals surface area (Å²) in [6.07, 6.45) is 1.94. The summed E-state index contributed by atoms with van der Waals surface area (Å²) in [5.41, 5.74) is 4.05. The van der Waals surface area contributed by atoms with E-state index in [1.54, 1.807) is 0 Å². The second-order valence-corrected chi connectivity index (χ2v) is 12.5. The van der Waals surface area contributed by atoms with Gasteiger partial charge in [0.25, 0.3) is 0 Å². The quantitative estimate of drug-likeness (QED) is 0.109. The lowest BCUT2D eigenvalue weighted by atomic mass is 9.75. The Labute approximate surface area is 269 Å². The van der Waals surface area contributed by atoms with E-state index in [1.807, 2.05) is 93.7 Å². The van der Waals surface area contributed by atoms with Crippen molar-refractivity contribution in [2.75, 3.05) is 0 Å². The second kappa shape index (κ2) is 12.2. The van der Waals surface area contributed by atoms with Gasteiger partial charge in [-0.25, -0.2) is 0 Å². The molecule has 1 heterocycles. The van der Waals surface area contributed by atoms with Crippen LogP contribution in [0.5, 0.6) is 11.5 Å². The van der Waals surface area contributed by atoms with Gasteiger partial charge in [-0.15, -0.1) is 0 Å². The van der Waals surface area contributed by atoms with Crippen molar-refractivity contribution < 1.29 is 18.8 Å². The van der Waals surface area contributed by atoms with E-state index in [9.17, 15) is 4.79 Å². The first kappa shape index (κ1) is 29.4. The van der Waals surface area contributed by atoms with E-state index in [4.69, 9.17) is 19.0 Å². The summed E-state index contributed by atoms with van der Waals surface area (Å²) in [4.78, 5) is 17.8. The average Bonchev–Trinajstić information content (AvgIpc) is 3.24. The molecular weight excluding hydrogens is 569 g/mol. The molecule has 6 aromatic rings. The minimum Gasteiger partial charge on any atom is -0.521 e. The van der Waals surface area contributed by atoms with E-state index in [1.165, 1.54) is 0 Å². The van der Waals surface area contributed by atoms with Gasteiger partial charge in [0.15, 0.2) is 0 Å². The molecule has 6 heteroatoms. The Morgan fingerprint density at radius 1 is 0.717 bits per heavy atom. The number of hydrogen-bond acceptors (Lipinski definition) is 5. The van der Waals surface area contributed by atoms with Gasteiger partial charge >= 0.3 is 13.1 Å². The van der Waals surface area contributed by atoms with Crippen LogP contribution in [0.1, 0.15) is 44.4 Å². The fourth-order valence-corrected chi connectivity index (χ4v) is 6.08. The number of esters is 1. The first-order valence-corrected chi connectivity index (χ1v) is 15.6. The molecule has 5 nitrogen and oxygen atoms in total. The summed E-state index contributed by atoms with van der Waals surface area (Å²) < 4.78 is 19.2. The fraction of sp³-hybridized carbons (Fsp3) is 0.150. The van der Waals surface area contributed by atoms with E-state index < -0.39 is 18.8 Å². The summed E-state index contributed by atoms with van der Waals surface area (Å²) in [7, 11) is -0.744. The van der Waals surface area contributed by atoms with Crippen molar-refractivity contribution in [3.63, 3.8) is 0 Å². The molecule has 0 fully saturated rings. The van der Waals surface area contributed by atoms with Crippen LogP contribution in [0, 0.1) is 0 Å². The fourth-order valence-electron chi connectivity index (χ4n) is 6.08. The van der Waals surface area contributed by atoms with Crippen molar-refractivity contribution in [3.8, 4) is 22.6 Å². The highest BCUT2D eigenvalue weighted by atomic mass is 16.6. The highest BCUT2D eigenvalue weighted by Crippen LogP contribution is 2.47. The molecule has 1 aliphatic rings. The molecule has 0 saturated carbocycles. The topological polar surface area (TPSA) is 57.1 Å². The van der Waals surface area contributed by atoms with Gasteiger partial charge in [-0.05, 0) is 65.6 Å². The lowest BCUT2D eigenvalue weighted by Crippen LogP contribution is -2.44. The number of nitrogens with zero attached hydrogens (tertiary/aromatic N) is 1. The third-order valence-electron chi connectivity index (χ3n) is 8.11. The molecule has 46 heavy (non-hydrogen) atoms. The maximum absolute atomic E-state index is 12.9. The van der Waals surface area contributed by atoms with Crippen LogP contribution in [0.15, 0.2) is 132 Å². The molecular formula is C40H34BNO4. The summed E-state index contributed by atoms with van der Waals surface area (Å²) in [5, 5.41) is 4.47. The lowest BCUT2D eigenvalue weighted by Gasteiger charge is -2.21. The summed E-state index contributed by atoms with van der Waals surface area (Å²) >= 11 is 0. The summed E-state index contributed by atoms with van der Waals surface area (Å²) in [6.45, 7) is 5.61. The van der Waals surface area contributed by atoms with Crippen molar-refractivity contribution in [2.24, 2.45) is 4.99 Å². The van der Waals surface area contributed by atoms with Crippen molar-refractivity contribution >= 4 is 46.3 Å². The van der Waals surface area contributed by atoms with Gasteiger partial charge < -0.3 is 14.0 Å². The molecule has 0 N–H and O–H groups in total. The van der Waals surface area contributed by atoms with Crippen molar-refractivity contribution in [1.82, 2.24) is 0 Å². The SMILES string of the molecule is CC(C)(C)OC(=O)C[C@H](N=Cc1ccccc1B1Oc2ccc3ccccc3c2-c2c(ccc3ccccc23)O1)c1ccccc1. The van der Waals surface area contributed by atoms with Gasteiger partial charge in [0.05, 0.1) is 12.5 Å². The first-order valence-electron chi connectivity index (χ1n) is 15.6. The predicted molar refractivity (Wildman–Crippen MR) is 187 cm³/mol. The number of hydrogen-bond donors (Lipinski definition) is 0. The van der Waals surface area contributed by atoms with Crippen LogP contribution < -0.4 is 14.8 Å². The molecule has 0 unspecified atom stereocenters. The summed E-state index contributed by atoms with van der Waals surface area (Å²) in [5.74, 6) is 1.20.